The minimum absolute atomic E-state index is 0.121. The Morgan fingerprint density at radius 2 is 1.54 bits per heavy atom. The van der Waals surface area contributed by atoms with Gasteiger partial charge >= 0.3 is 0 Å². The maximum Gasteiger partial charge on any atom is 0.251 e. The lowest BCUT2D eigenvalue weighted by atomic mass is 10.1. The molecule has 1 amide bonds. The van der Waals surface area contributed by atoms with Gasteiger partial charge in [-0.15, -0.1) is 0 Å². The summed E-state index contributed by atoms with van der Waals surface area (Å²) in [7, 11) is 0. The predicted octanol–water partition coefficient (Wildman–Crippen LogP) is 4.97. The van der Waals surface area contributed by atoms with E-state index in [1.807, 2.05) is 43.3 Å². The average molecular weight is 362 g/mol. The molecular weight excluding hydrogens is 340 g/mol. The number of hydrogen-bond acceptors (Lipinski definition) is 3. The zero-order valence-electron chi connectivity index (χ0n) is 15.0. The maximum atomic E-state index is 12.4. The van der Waals surface area contributed by atoms with Crippen LogP contribution < -0.4 is 11.1 Å². The third-order valence-corrected chi connectivity index (χ3v) is 5.19. The van der Waals surface area contributed by atoms with Gasteiger partial charge in [-0.05, 0) is 49.7 Å². The molecule has 0 unspecified atom stereocenters. The molecule has 0 radical (unpaired) electrons. The average Bonchev–Trinajstić information content (AvgIpc) is 2.64. The smallest absolute Gasteiger partial charge is 0.251 e. The monoisotopic (exact) mass is 362 g/mol. The van der Waals surface area contributed by atoms with Gasteiger partial charge in [0, 0.05) is 27.6 Å². The summed E-state index contributed by atoms with van der Waals surface area (Å²) in [6.07, 6.45) is 0. The van der Waals surface area contributed by atoms with Crippen molar-refractivity contribution in [1.82, 2.24) is 5.32 Å². The van der Waals surface area contributed by atoms with Crippen LogP contribution in [0.15, 0.2) is 76.5 Å². The van der Waals surface area contributed by atoms with E-state index in [4.69, 9.17) is 5.73 Å². The van der Waals surface area contributed by atoms with Crippen LogP contribution in [0.2, 0.25) is 0 Å². The Hall–Kier alpha value is -2.72. The molecule has 26 heavy (non-hydrogen) atoms. The highest BCUT2D eigenvalue weighted by atomic mass is 32.2. The number of nitrogens with one attached hydrogen (secondary N) is 1. The third kappa shape index (κ3) is 4.67. The Kier molecular flexibility index (Phi) is 5.64. The van der Waals surface area contributed by atoms with Gasteiger partial charge in [-0.25, -0.2) is 0 Å². The number of amides is 1. The van der Waals surface area contributed by atoms with E-state index >= 15 is 0 Å². The Morgan fingerprint density at radius 3 is 2.15 bits per heavy atom. The van der Waals surface area contributed by atoms with E-state index in [0.29, 0.717) is 17.8 Å². The summed E-state index contributed by atoms with van der Waals surface area (Å²) in [5.74, 6) is -0.121. The number of rotatable bonds is 5. The van der Waals surface area contributed by atoms with Gasteiger partial charge in [0.05, 0.1) is 0 Å². The van der Waals surface area contributed by atoms with Crippen molar-refractivity contribution in [3.63, 3.8) is 0 Å². The van der Waals surface area contributed by atoms with E-state index in [1.54, 1.807) is 17.8 Å². The van der Waals surface area contributed by atoms with Crippen molar-refractivity contribution in [2.24, 2.45) is 0 Å². The summed E-state index contributed by atoms with van der Waals surface area (Å²) in [5, 5.41) is 2.94. The maximum absolute atomic E-state index is 12.4. The summed E-state index contributed by atoms with van der Waals surface area (Å²) in [4.78, 5) is 14.4. The van der Waals surface area contributed by atoms with Gasteiger partial charge in [0.1, 0.15) is 0 Å². The highest BCUT2D eigenvalue weighted by molar-refractivity contribution is 7.99. The molecule has 0 heterocycles. The molecule has 3 aromatic rings. The summed E-state index contributed by atoms with van der Waals surface area (Å²) >= 11 is 1.60. The summed E-state index contributed by atoms with van der Waals surface area (Å²) in [6, 6.07) is 21.9. The molecule has 0 aliphatic rings. The molecule has 132 valence electrons. The molecule has 0 aromatic heterocycles. The van der Waals surface area contributed by atoms with Gasteiger partial charge in [0.25, 0.3) is 5.91 Å². The normalized spacial score (nSPS) is 10.5. The first-order valence-corrected chi connectivity index (χ1v) is 9.31. The molecule has 3 N–H and O–H groups in total. The van der Waals surface area contributed by atoms with Crippen LogP contribution in [0.5, 0.6) is 0 Å². The topological polar surface area (TPSA) is 55.1 Å². The Labute approximate surface area is 158 Å². The van der Waals surface area contributed by atoms with E-state index in [-0.39, 0.29) is 5.91 Å². The van der Waals surface area contributed by atoms with Crippen LogP contribution in [0.1, 0.15) is 27.0 Å². The van der Waals surface area contributed by atoms with Crippen LogP contribution in [-0.2, 0) is 6.54 Å². The molecule has 3 rings (SSSR count). The first-order valence-electron chi connectivity index (χ1n) is 8.49. The van der Waals surface area contributed by atoms with E-state index in [1.165, 1.54) is 11.1 Å². The molecule has 0 fully saturated rings. The number of nitrogen functional groups attached to an aromatic ring is 1. The van der Waals surface area contributed by atoms with Crippen molar-refractivity contribution >= 4 is 23.4 Å². The van der Waals surface area contributed by atoms with Crippen LogP contribution >= 0.6 is 11.8 Å². The number of carbonyl (C=O) groups is 1. The minimum Gasteiger partial charge on any atom is -0.398 e. The molecule has 0 saturated heterocycles. The molecular formula is C22H22N2OS. The van der Waals surface area contributed by atoms with Crippen molar-refractivity contribution in [1.29, 1.82) is 0 Å². The number of anilines is 1. The highest BCUT2D eigenvalue weighted by Crippen LogP contribution is 2.32. The largest absolute Gasteiger partial charge is 0.398 e. The number of carbonyl (C=O) groups excluding carboxylic acids is 1. The van der Waals surface area contributed by atoms with Crippen molar-refractivity contribution in [2.45, 2.75) is 30.2 Å². The van der Waals surface area contributed by atoms with Crippen molar-refractivity contribution < 1.29 is 4.79 Å². The van der Waals surface area contributed by atoms with Gasteiger partial charge < -0.3 is 11.1 Å². The molecule has 0 saturated carbocycles. The fourth-order valence-corrected chi connectivity index (χ4v) is 3.35. The number of aryl methyl sites for hydroxylation is 2. The molecule has 0 bridgehead atoms. The Balaban J connectivity index is 1.65. The van der Waals surface area contributed by atoms with Gasteiger partial charge in [-0.2, -0.15) is 0 Å². The fourth-order valence-electron chi connectivity index (χ4n) is 2.51. The summed E-state index contributed by atoms with van der Waals surface area (Å²) in [6.45, 7) is 4.60. The molecule has 0 aliphatic heterocycles. The number of benzene rings is 3. The molecule has 0 atom stereocenters. The van der Waals surface area contributed by atoms with Crippen LogP contribution in [0.3, 0.4) is 0 Å². The van der Waals surface area contributed by atoms with E-state index < -0.39 is 0 Å². The lowest BCUT2D eigenvalue weighted by Crippen LogP contribution is -2.22. The van der Waals surface area contributed by atoms with Crippen molar-refractivity contribution in [2.75, 3.05) is 5.73 Å². The van der Waals surface area contributed by atoms with Crippen molar-refractivity contribution in [3.8, 4) is 0 Å². The SMILES string of the molecule is Cc1ccc(CNC(=O)c2ccc(Sc3ccc(C)cc3)c(N)c2)cc1. The first-order chi connectivity index (χ1) is 12.5. The van der Waals surface area contributed by atoms with Gasteiger partial charge in [-0.1, -0.05) is 59.3 Å². The molecule has 3 aromatic carbocycles. The molecule has 0 spiro atoms. The first kappa shape index (κ1) is 18.1. The molecule has 4 heteroatoms. The van der Waals surface area contributed by atoms with Gasteiger partial charge in [-0.3, -0.25) is 4.79 Å². The number of nitrogens with two attached hydrogens (primary N) is 1. The Bertz CT molecular complexity index is 902. The highest BCUT2D eigenvalue weighted by Gasteiger charge is 2.09. The predicted molar refractivity (Wildman–Crippen MR) is 109 cm³/mol. The minimum atomic E-state index is -0.121. The lowest BCUT2D eigenvalue weighted by Gasteiger charge is -2.09. The summed E-state index contributed by atoms with van der Waals surface area (Å²) in [5.41, 5.74) is 10.8. The standard InChI is InChI=1S/C22H22N2OS/c1-15-3-7-17(8-4-15)14-24-22(25)18-9-12-21(20(23)13-18)26-19-10-5-16(2)6-11-19/h3-13H,14,23H2,1-2H3,(H,24,25). The second-order valence-electron chi connectivity index (χ2n) is 6.34. The zero-order chi connectivity index (χ0) is 18.5. The van der Waals surface area contributed by atoms with Gasteiger partial charge in [0.2, 0.25) is 0 Å². The van der Waals surface area contributed by atoms with Crippen LogP contribution in [0.25, 0.3) is 0 Å². The van der Waals surface area contributed by atoms with Crippen LogP contribution in [-0.4, -0.2) is 5.91 Å². The van der Waals surface area contributed by atoms with Crippen molar-refractivity contribution in [3.05, 3.63) is 89.0 Å². The van der Waals surface area contributed by atoms with Crippen LogP contribution in [0.4, 0.5) is 5.69 Å². The zero-order valence-corrected chi connectivity index (χ0v) is 15.8. The van der Waals surface area contributed by atoms with Crippen LogP contribution in [0, 0.1) is 13.8 Å². The second-order valence-corrected chi connectivity index (χ2v) is 7.45. The molecule has 3 nitrogen and oxygen atoms in total. The fraction of sp³-hybridized carbons (Fsp3) is 0.136. The van der Waals surface area contributed by atoms with E-state index in [2.05, 4.69) is 36.5 Å². The summed E-state index contributed by atoms with van der Waals surface area (Å²) < 4.78 is 0. The number of hydrogen-bond donors (Lipinski definition) is 2. The third-order valence-electron chi connectivity index (χ3n) is 4.09. The van der Waals surface area contributed by atoms with E-state index in [0.717, 1.165) is 15.4 Å². The Morgan fingerprint density at radius 1 is 0.923 bits per heavy atom. The second kappa shape index (κ2) is 8.11. The van der Waals surface area contributed by atoms with Gasteiger partial charge in [0.15, 0.2) is 0 Å². The molecule has 0 aliphatic carbocycles. The lowest BCUT2D eigenvalue weighted by molar-refractivity contribution is 0.0951. The van der Waals surface area contributed by atoms with E-state index in [9.17, 15) is 4.79 Å². The quantitative estimate of drug-likeness (QED) is 0.630.